The van der Waals surface area contributed by atoms with Crippen LogP contribution in [-0.4, -0.2) is 55.5 Å². The second-order valence-corrected chi connectivity index (χ2v) is 6.27. The summed E-state index contributed by atoms with van der Waals surface area (Å²) in [7, 11) is 0. The van der Waals surface area contributed by atoms with E-state index < -0.39 is 0 Å². The quantitative estimate of drug-likeness (QED) is 0.672. The first-order valence-corrected chi connectivity index (χ1v) is 8.29. The lowest BCUT2D eigenvalue weighted by Crippen LogP contribution is -3.15. The molecule has 116 valence electrons. The molecule has 8 heteroatoms. The van der Waals surface area contributed by atoms with E-state index in [1.165, 1.54) is 16.7 Å². The third-order valence-electron chi connectivity index (χ3n) is 3.72. The molecule has 1 aromatic rings. The molecule has 0 radical (unpaired) electrons. The van der Waals surface area contributed by atoms with Crippen LogP contribution in [0.4, 0.5) is 5.82 Å². The number of quaternary nitrogens is 1. The third kappa shape index (κ3) is 3.83. The van der Waals surface area contributed by atoms with Gasteiger partial charge in [-0.1, -0.05) is 17.8 Å². The van der Waals surface area contributed by atoms with Crippen LogP contribution in [0.15, 0.2) is 29.4 Å². The molecule has 7 nitrogen and oxygen atoms in total. The van der Waals surface area contributed by atoms with Gasteiger partial charge in [-0.15, -0.1) is 0 Å². The summed E-state index contributed by atoms with van der Waals surface area (Å²) in [6.45, 7) is 4.00. The van der Waals surface area contributed by atoms with E-state index in [9.17, 15) is 9.59 Å². The van der Waals surface area contributed by atoms with Crippen LogP contribution < -0.4 is 20.1 Å². The first-order valence-electron chi connectivity index (χ1n) is 7.30. The number of amidine groups is 1. The molecule has 2 aliphatic heterocycles. The highest BCUT2D eigenvalue weighted by Gasteiger charge is 2.27. The van der Waals surface area contributed by atoms with Gasteiger partial charge in [-0.3, -0.25) is 14.5 Å². The Labute approximate surface area is 132 Å². The van der Waals surface area contributed by atoms with E-state index in [4.69, 9.17) is 0 Å². The molecule has 2 fully saturated rings. The van der Waals surface area contributed by atoms with Crippen LogP contribution in [0.3, 0.4) is 0 Å². The Balaban J connectivity index is 1.48. The summed E-state index contributed by atoms with van der Waals surface area (Å²) in [5.41, 5.74) is 0. The molecule has 2 amide bonds. The number of carbonyl (C=O) groups excluding carboxylic acids is 2. The van der Waals surface area contributed by atoms with E-state index in [1.807, 2.05) is 18.3 Å². The van der Waals surface area contributed by atoms with Gasteiger partial charge >= 0.3 is 5.91 Å². The SMILES string of the molecule is O=C(C[NH+]1CCN(c2cccc[nH+]2)CC1)N=C1NC(=O)CS1. The maximum atomic E-state index is 11.9. The van der Waals surface area contributed by atoms with Crippen LogP contribution in [0.1, 0.15) is 0 Å². The Morgan fingerprint density at radius 1 is 1.41 bits per heavy atom. The summed E-state index contributed by atoms with van der Waals surface area (Å²) in [6.07, 6.45) is 1.92. The van der Waals surface area contributed by atoms with Gasteiger partial charge in [-0.2, -0.15) is 4.99 Å². The molecule has 22 heavy (non-hydrogen) atoms. The highest BCUT2D eigenvalue weighted by atomic mass is 32.2. The molecule has 0 unspecified atom stereocenters. The zero-order valence-corrected chi connectivity index (χ0v) is 13.0. The monoisotopic (exact) mass is 321 g/mol. The van der Waals surface area contributed by atoms with Crippen molar-refractivity contribution >= 4 is 34.6 Å². The molecular weight excluding hydrogens is 302 g/mol. The first-order chi connectivity index (χ1) is 10.7. The van der Waals surface area contributed by atoms with Gasteiger partial charge in [0.05, 0.1) is 11.9 Å². The molecule has 0 atom stereocenters. The van der Waals surface area contributed by atoms with Crippen molar-refractivity contribution in [3.05, 3.63) is 24.4 Å². The van der Waals surface area contributed by atoms with Crippen LogP contribution >= 0.6 is 11.8 Å². The predicted octanol–water partition coefficient (Wildman–Crippen LogP) is -2.05. The number of pyridine rings is 1. The highest BCUT2D eigenvalue weighted by Crippen LogP contribution is 2.08. The first kappa shape index (κ1) is 15.0. The van der Waals surface area contributed by atoms with E-state index in [-0.39, 0.29) is 11.8 Å². The average Bonchev–Trinajstić information content (AvgIpc) is 2.94. The van der Waals surface area contributed by atoms with Gasteiger partial charge in [0.1, 0.15) is 26.2 Å². The van der Waals surface area contributed by atoms with Crippen molar-refractivity contribution in [1.29, 1.82) is 0 Å². The fraction of sp³-hybridized carbons (Fsp3) is 0.429. The van der Waals surface area contributed by atoms with Crippen molar-refractivity contribution in [3.63, 3.8) is 0 Å². The summed E-state index contributed by atoms with van der Waals surface area (Å²) >= 11 is 1.29. The molecule has 2 saturated heterocycles. The van der Waals surface area contributed by atoms with Crippen molar-refractivity contribution in [2.45, 2.75) is 0 Å². The Hall–Kier alpha value is -1.93. The van der Waals surface area contributed by atoms with Gasteiger partial charge in [0.15, 0.2) is 11.7 Å². The van der Waals surface area contributed by atoms with E-state index in [0.717, 1.165) is 32.0 Å². The number of aromatic nitrogens is 1. The zero-order chi connectivity index (χ0) is 15.4. The lowest BCUT2D eigenvalue weighted by atomic mass is 10.3. The Bertz CT molecular complexity index is 584. The number of nitrogens with one attached hydrogen (secondary N) is 3. The van der Waals surface area contributed by atoms with E-state index in [2.05, 4.69) is 26.3 Å². The maximum Gasteiger partial charge on any atom is 0.303 e. The number of amides is 2. The number of hydrogen-bond acceptors (Lipinski definition) is 4. The van der Waals surface area contributed by atoms with Crippen molar-refractivity contribution in [2.75, 3.05) is 43.4 Å². The molecule has 0 aliphatic carbocycles. The van der Waals surface area contributed by atoms with E-state index in [1.54, 1.807) is 0 Å². The van der Waals surface area contributed by atoms with Gasteiger partial charge in [-0.25, -0.2) is 4.98 Å². The number of hydrogen-bond donors (Lipinski definition) is 2. The van der Waals surface area contributed by atoms with Crippen molar-refractivity contribution < 1.29 is 19.5 Å². The smallest absolute Gasteiger partial charge is 0.303 e. The van der Waals surface area contributed by atoms with Crippen molar-refractivity contribution in [3.8, 4) is 0 Å². The molecule has 3 N–H and O–H groups in total. The minimum atomic E-state index is -0.167. The Kier molecular flexibility index (Phi) is 4.69. The summed E-state index contributed by atoms with van der Waals surface area (Å²) in [6, 6.07) is 6.03. The van der Waals surface area contributed by atoms with Gasteiger partial charge in [0, 0.05) is 6.07 Å². The normalized spacial score (nSPS) is 21.2. The number of rotatable bonds is 3. The van der Waals surface area contributed by atoms with Gasteiger partial charge in [0.25, 0.3) is 5.82 Å². The topological polar surface area (TPSA) is 80.3 Å². The molecule has 0 aromatic carbocycles. The second-order valence-electron chi connectivity index (χ2n) is 5.31. The minimum absolute atomic E-state index is 0.0865. The minimum Gasteiger partial charge on any atom is -0.321 e. The largest absolute Gasteiger partial charge is 0.321 e. The summed E-state index contributed by atoms with van der Waals surface area (Å²) in [4.78, 5) is 33.7. The van der Waals surface area contributed by atoms with Crippen LogP contribution in [0.2, 0.25) is 0 Å². The van der Waals surface area contributed by atoms with Gasteiger partial charge < -0.3 is 10.2 Å². The summed E-state index contributed by atoms with van der Waals surface area (Å²) in [5, 5.41) is 3.02. The summed E-state index contributed by atoms with van der Waals surface area (Å²) < 4.78 is 0. The summed E-state index contributed by atoms with van der Waals surface area (Å²) in [5.74, 6) is 1.21. The van der Waals surface area contributed by atoms with E-state index >= 15 is 0 Å². The van der Waals surface area contributed by atoms with Crippen molar-refractivity contribution in [1.82, 2.24) is 5.32 Å². The van der Waals surface area contributed by atoms with Crippen molar-refractivity contribution in [2.24, 2.45) is 4.99 Å². The number of aliphatic imine (C=N–C) groups is 1. The zero-order valence-electron chi connectivity index (χ0n) is 12.2. The number of thioether (sulfide) groups is 1. The van der Waals surface area contributed by atoms with Crippen LogP contribution in [-0.2, 0) is 9.59 Å². The third-order valence-corrected chi connectivity index (χ3v) is 4.59. The standard InChI is InChI=1S/C14H17N5O2S/c20-12(16-14-17-13(21)10-22-14)9-18-5-7-19(8-6-18)11-3-1-2-4-15-11/h1-4H,5-10H2,(H,16,17,20,21)/p+2. The maximum absolute atomic E-state index is 11.9. The number of nitrogens with zero attached hydrogens (tertiary/aromatic N) is 2. The fourth-order valence-corrected chi connectivity index (χ4v) is 3.27. The number of carbonyl (C=O) groups is 2. The highest BCUT2D eigenvalue weighted by molar-refractivity contribution is 8.15. The predicted molar refractivity (Wildman–Crippen MR) is 83.8 cm³/mol. The van der Waals surface area contributed by atoms with Crippen LogP contribution in [0, 0.1) is 0 Å². The number of piperazine rings is 1. The van der Waals surface area contributed by atoms with E-state index in [0.29, 0.717) is 17.5 Å². The molecular formula is C14H19N5O2S+2. The molecule has 3 heterocycles. The fourth-order valence-electron chi connectivity index (χ4n) is 2.57. The molecule has 0 saturated carbocycles. The molecule has 0 bridgehead atoms. The molecule has 0 spiro atoms. The number of H-pyrrole nitrogens is 1. The molecule has 3 rings (SSSR count). The van der Waals surface area contributed by atoms with Crippen LogP contribution in [0.25, 0.3) is 0 Å². The molecule has 1 aromatic heterocycles. The lowest BCUT2D eigenvalue weighted by Gasteiger charge is -2.27. The Morgan fingerprint density at radius 2 is 2.23 bits per heavy atom. The van der Waals surface area contributed by atoms with Crippen LogP contribution in [0.5, 0.6) is 0 Å². The number of anilines is 1. The Morgan fingerprint density at radius 3 is 2.86 bits per heavy atom. The van der Waals surface area contributed by atoms with Gasteiger partial charge in [-0.05, 0) is 6.07 Å². The second kappa shape index (κ2) is 6.89. The molecule has 2 aliphatic rings. The number of aromatic amines is 1. The van der Waals surface area contributed by atoms with Gasteiger partial charge in [0.2, 0.25) is 5.91 Å². The average molecular weight is 321 g/mol. The lowest BCUT2D eigenvalue weighted by molar-refractivity contribution is -0.892.